The molecule has 1 aliphatic heterocycles. The summed E-state index contributed by atoms with van der Waals surface area (Å²) in [6.07, 6.45) is 3.80. The molecular formula is C10H14N6S. The Hall–Kier alpha value is -1.47. The van der Waals surface area contributed by atoms with E-state index >= 15 is 0 Å². The smallest absolute Gasteiger partial charge is 0.245 e. The fraction of sp³-hybridized carbons (Fsp3) is 0.500. The maximum Gasteiger partial charge on any atom is 0.245 e. The van der Waals surface area contributed by atoms with Crippen LogP contribution in [0.25, 0.3) is 10.7 Å². The van der Waals surface area contributed by atoms with Crippen molar-refractivity contribution in [3.63, 3.8) is 0 Å². The van der Waals surface area contributed by atoms with Crippen molar-refractivity contribution in [2.24, 2.45) is 5.73 Å². The molecule has 0 amide bonds. The Morgan fingerprint density at radius 3 is 2.94 bits per heavy atom. The van der Waals surface area contributed by atoms with E-state index in [0.717, 1.165) is 42.6 Å². The predicted molar refractivity (Wildman–Crippen MR) is 66.9 cm³/mol. The van der Waals surface area contributed by atoms with E-state index in [0.29, 0.717) is 6.04 Å². The maximum absolute atomic E-state index is 5.88. The molecule has 0 atom stereocenters. The second-order valence-electron chi connectivity index (χ2n) is 4.17. The number of nitrogens with two attached hydrogens (primary N) is 1. The van der Waals surface area contributed by atoms with Gasteiger partial charge in [-0.2, -0.15) is 4.98 Å². The number of aromatic nitrogens is 4. The first-order valence-corrected chi connectivity index (χ1v) is 6.52. The first kappa shape index (κ1) is 10.7. The van der Waals surface area contributed by atoms with Gasteiger partial charge in [0, 0.05) is 25.3 Å². The minimum atomic E-state index is 0.325. The van der Waals surface area contributed by atoms with Crippen LogP contribution in [0.4, 0.5) is 5.95 Å². The molecule has 7 heteroatoms. The predicted octanol–water partition coefficient (Wildman–Crippen LogP) is 0.856. The van der Waals surface area contributed by atoms with Crippen LogP contribution in [0.2, 0.25) is 0 Å². The van der Waals surface area contributed by atoms with Crippen molar-refractivity contribution in [1.82, 2.24) is 20.2 Å². The van der Waals surface area contributed by atoms with Gasteiger partial charge in [-0.15, -0.1) is 16.4 Å². The summed E-state index contributed by atoms with van der Waals surface area (Å²) in [5, 5.41) is 7.20. The molecule has 17 heavy (non-hydrogen) atoms. The molecule has 3 heterocycles. The molecule has 0 aliphatic carbocycles. The van der Waals surface area contributed by atoms with E-state index in [1.54, 1.807) is 23.0 Å². The monoisotopic (exact) mass is 250 g/mol. The van der Waals surface area contributed by atoms with Gasteiger partial charge in [0.15, 0.2) is 5.82 Å². The Labute approximate surface area is 103 Å². The zero-order valence-electron chi connectivity index (χ0n) is 9.33. The van der Waals surface area contributed by atoms with Crippen molar-refractivity contribution in [3.8, 4) is 10.7 Å². The van der Waals surface area contributed by atoms with Crippen molar-refractivity contribution in [2.75, 3.05) is 18.0 Å². The third-order valence-electron chi connectivity index (χ3n) is 2.96. The van der Waals surface area contributed by atoms with Gasteiger partial charge in [-0.05, 0) is 12.8 Å². The van der Waals surface area contributed by atoms with Gasteiger partial charge in [-0.25, -0.2) is 0 Å². The van der Waals surface area contributed by atoms with E-state index in [1.807, 2.05) is 0 Å². The Bertz CT molecular complexity index is 471. The molecule has 0 unspecified atom stereocenters. The Morgan fingerprint density at radius 2 is 2.24 bits per heavy atom. The molecule has 90 valence electrons. The number of piperidine rings is 1. The van der Waals surface area contributed by atoms with Crippen LogP contribution >= 0.6 is 11.3 Å². The molecule has 1 aliphatic rings. The Balaban J connectivity index is 1.76. The molecule has 0 saturated carbocycles. The third kappa shape index (κ3) is 2.16. The molecule has 6 nitrogen and oxygen atoms in total. The van der Waals surface area contributed by atoms with Crippen LogP contribution in [-0.2, 0) is 0 Å². The number of hydrogen-bond donors (Lipinski definition) is 2. The van der Waals surface area contributed by atoms with Crippen molar-refractivity contribution in [2.45, 2.75) is 18.9 Å². The number of rotatable bonds is 2. The van der Waals surface area contributed by atoms with Crippen molar-refractivity contribution in [3.05, 3.63) is 11.7 Å². The summed E-state index contributed by atoms with van der Waals surface area (Å²) in [5.41, 5.74) is 7.66. The van der Waals surface area contributed by atoms with Gasteiger partial charge in [0.05, 0.1) is 10.4 Å². The van der Waals surface area contributed by atoms with Gasteiger partial charge in [-0.3, -0.25) is 10.1 Å². The first-order chi connectivity index (χ1) is 8.33. The van der Waals surface area contributed by atoms with Crippen LogP contribution in [-0.4, -0.2) is 39.3 Å². The van der Waals surface area contributed by atoms with Crippen LogP contribution in [0.3, 0.4) is 0 Å². The van der Waals surface area contributed by atoms with E-state index in [9.17, 15) is 0 Å². The molecule has 1 saturated heterocycles. The number of aromatic amines is 1. The lowest BCUT2D eigenvalue weighted by Gasteiger charge is -2.28. The van der Waals surface area contributed by atoms with Gasteiger partial charge in [0.25, 0.3) is 0 Å². The quantitative estimate of drug-likeness (QED) is 0.825. The number of anilines is 1. The van der Waals surface area contributed by atoms with E-state index in [2.05, 4.69) is 25.1 Å². The van der Waals surface area contributed by atoms with Gasteiger partial charge in [0.1, 0.15) is 0 Å². The largest absolute Gasteiger partial charge is 0.339 e. The van der Waals surface area contributed by atoms with E-state index in [-0.39, 0.29) is 0 Å². The standard InChI is InChI=1S/C10H14N6S/c11-7-1-3-16(4-2-7)10-13-9(14-15-10)8-5-12-6-17-8/h5-7H,1-4,11H2,(H,13,14,15). The molecule has 2 aromatic heterocycles. The second kappa shape index (κ2) is 4.42. The van der Waals surface area contributed by atoms with Crippen molar-refractivity contribution >= 4 is 17.3 Å². The minimum Gasteiger partial charge on any atom is -0.339 e. The summed E-state index contributed by atoms with van der Waals surface area (Å²) in [5.74, 6) is 1.55. The number of nitrogens with zero attached hydrogens (tertiary/aromatic N) is 4. The zero-order valence-corrected chi connectivity index (χ0v) is 10.2. The second-order valence-corrected chi connectivity index (χ2v) is 5.06. The van der Waals surface area contributed by atoms with Crippen molar-refractivity contribution in [1.29, 1.82) is 0 Å². The fourth-order valence-electron chi connectivity index (χ4n) is 1.94. The Morgan fingerprint density at radius 1 is 1.41 bits per heavy atom. The maximum atomic E-state index is 5.88. The minimum absolute atomic E-state index is 0.325. The lowest BCUT2D eigenvalue weighted by atomic mass is 10.1. The molecule has 0 radical (unpaired) electrons. The molecule has 3 N–H and O–H groups in total. The number of hydrogen-bond acceptors (Lipinski definition) is 6. The number of nitrogens with one attached hydrogen (secondary N) is 1. The Kier molecular flexibility index (Phi) is 2.77. The van der Waals surface area contributed by atoms with E-state index in [1.165, 1.54) is 0 Å². The van der Waals surface area contributed by atoms with E-state index in [4.69, 9.17) is 5.73 Å². The average molecular weight is 250 g/mol. The lowest BCUT2D eigenvalue weighted by Crippen LogP contribution is -2.40. The van der Waals surface area contributed by atoms with Crippen LogP contribution in [0, 0.1) is 0 Å². The first-order valence-electron chi connectivity index (χ1n) is 5.65. The van der Waals surface area contributed by atoms with Gasteiger partial charge in [0.2, 0.25) is 5.95 Å². The summed E-state index contributed by atoms with van der Waals surface area (Å²) < 4.78 is 0. The van der Waals surface area contributed by atoms with E-state index < -0.39 is 0 Å². The molecule has 1 fully saturated rings. The topological polar surface area (TPSA) is 83.7 Å². The molecular weight excluding hydrogens is 236 g/mol. The normalized spacial score (nSPS) is 17.6. The highest BCUT2D eigenvalue weighted by Crippen LogP contribution is 2.22. The van der Waals surface area contributed by atoms with Gasteiger partial charge < -0.3 is 10.6 Å². The van der Waals surface area contributed by atoms with Crippen LogP contribution in [0.15, 0.2) is 11.7 Å². The summed E-state index contributed by atoms with van der Waals surface area (Å²) in [6.45, 7) is 1.86. The summed E-state index contributed by atoms with van der Waals surface area (Å²) in [7, 11) is 0. The van der Waals surface area contributed by atoms with Crippen LogP contribution < -0.4 is 10.6 Å². The molecule has 0 spiro atoms. The summed E-state index contributed by atoms with van der Waals surface area (Å²) >= 11 is 1.55. The summed E-state index contributed by atoms with van der Waals surface area (Å²) in [6, 6.07) is 0.325. The van der Waals surface area contributed by atoms with Crippen molar-refractivity contribution < 1.29 is 0 Å². The average Bonchev–Trinajstić information content (AvgIpc) is 3.00. The molecule has 3 rings (SSSR count). The highest BCUT2D eigenvalue weighted by molar-refractivity contribution is 7.13. The fourth-order valence-corrected chi connectivity index (χ4v) is 2.50. The van der Waals surface area contributed by atoms with Gasteiger partial charge in [-0.1, -0.05) is 0 Å². The number of thiazole rings is 1. The SMILES string of the molecule is NC1CCN(c2n[nH]c(-c3cncs3)n2)CC1. The lowest BCUT2D eigenvalue weighted by molar-refractivity contribution is 0.496. The van der Waals surface area contributed by atoms with Crippen LogP contribution in [0.1, 0.15) is 12.8 Å². The molecule has 2 aromatic rings. The van der Waals surface area contributed by atoms with Crippen LogP contribution in [0.5, 0.6) is 0 Å². The third-order valence-corrected chi connectivity index (χ3v) is 3.74. The summed E-state index contributed by atoms with van der Waals surface area (Å²) in [4.78, 5) is 11.7. The zero-order chi connectivity index (χ0) is 11.7. The van der Waals surface area contributed by atoms with Gasteiger partial charge >= 0.3 is 0 Å². The molecule has 0 aromatic carbocycles. The highest BCUT2D eigenvalue weighted by Gasteiger charge is 2.19. The molecule has 0 bridgehead atoms. The number of H-pyrrole nitrogens is 1. The highest BCUT2D eigenvalue weighted by atomic mass is 32.1.